The average Bonchev–Trinajstić information content (AvgIpc) is 3.36. The van der Waals surface area contributed by atoms with Crippen molar-refractivity contribution in [2.24, 2.45) is 0 Å². The summed E-state index contributed by atoms with van der Waals surface area (Å²) in [6, 6.07) is 8.96. The molecule has 0 amide bonds. The maximum atomic E-state index is 11.6. The van der Waals surface area contributed by atoms with Crippen molar-refractivity contribution in [2.45, 2.75) is 24.2 Å². The second-order valence-electron chi connectivity index (χ2n) is 6.27. The van der Waals surface area contributed by atoms with Crippen molar-refractivity contribution >= 4 is 28.8 Å². The summed E-state index contributed by atoms with van der Waals surface area (Å²) in [6.07, 6.45) is 5.17. The maximum absolute atomic E-state index is 11.6. The predicted octanol–water partition coefficient (Wildman–Crippen LogP) is 3.14. The summed E-state index contributed by atoms with van der Waals surface area (Å²) >= 11 is 1.82. The van der Waals surface area contributed by atoms with Gasteiger partial charge in [-0.1, -0.05) is 0 Å². The zero-order chi connectivity index (χ0) is 18.1. The van der Waals surface area contributed by atoms with Crippen molar-refractivity contribution in [3.8, 4) is 5.69 Å². The molecule has 2 unspecified atom stereocenters. The Morgan fingerprint density at radius 2 is 2.15 bits per heavy atom. The van der Waals surface area contributed by atoms with Crippen molar-refractivity contribution in [3.05, 3.63) is 53.9 Å². The highest BCUT2D eigenvalue weighted by molar-refractivity contribution is 8.00. The number of hydrogen-bond acceptors (Lipinski definition) is 6. The third kappa shape index (κ3) is 3.08. The fraction of sp³-hybridized carbons (Fsp3) is 0.316. The molecule has 0 radical (unpaired) electrons. The highest BCUT2D eigenvalue weighted by Crippen LogP contribution is 2.36. The van der Waals surface area contributed by atoms with E-state index in [0.29, 0.717) is 11.2 Å². The van der Waals surface area contributed by atoms with Crippen LogP contribution in [0.2, 0.25) is 0 Å². The standard InChI is InChI=1S/C19H19N3O3S/c1-25-19(24)12-4-6-15(7-5-12)22-18-14(11-21-22)9-13(10-20-18)17(23)16-3-2-8-26-16/h4-7,9-11,16-17,23H,2-3,8H2,1H3. The lowest BCUT2D eigenvalue weighted by Gasteiger charge is -2.17. The highest BCUT2D eigenvalue weighted by Gasteiger charge is 2.25. The number of carbonyl (C=O) groups excluding carboxylic acids is 1. The lowest BCUT2D eigenvalue weighted by atomic mass is 10.0. The van der Waals surface area contributed by atoms with Crippen molar-refractivity contribution in [3.63, 3.8) is 0 Å². The number of esters is 1. The van der Waals surface area contributed by atoms with Gasteiger partial charge in [-0.3, -0.25) is 0 Å². The minimum absolute atomic E-state index is 0.246. The molecule has 0 saturated carbocycles. The van der Waals surface area contributed by atoms with Gasteiger partial charge in [0.25, 0.3) is 0 Å². The first kappa shape index (κ1) is 17.1. The van der Waals surface area contributed by atoms with Crippen molar-refractivity contribution in [1.29, 1.82) is 0 Å². The Morgan fingerprint density at radius 1 is 1.35 bits per heavy atom. The topological polar surface area (TPSA) is 77.2 Å². The molecule has 1 aliphatic heterocycles. The fourth-order valence-electron chi connectivity index (χ4n) is 3.21. The van der Waals surface area contributed by atoms with Crippen molar-refractivity contribution in [2.75, 3.05) is 12.9 Å². The Hall–Kier alpha value is -2.38. The number of ether oxygens (including phenoxy) is 1. The molecule has 4 rings (SSSR count). The van der Waals surface area contributed by atoms with Crippen LogP contribution >= 0.6 is 11.8 Å². The summed E-state index contributed by atoms with van der Waals surface area (Å²) in [6.45, 7) is 0. The average molecular weight is 369 g/mol. The molecule has 3 aromatic rings. The molecule has 0 bridgehead atoms. The molecule has 1 aromatic carbocycles. The summed E-state index contributed by atoms with van der Waals surface area (Å²) in [5, 5.41) is 16.1. The van der Waals surface area contributed by atoms with E-state index in [-0.39, 0.29) is 11.2 Å². The number of aliphatic hydroxyl groups is 1. The first-order valence-electron chi connectivity index (χ1n) is 8.49. The van der Waals surface area contributed by atoms with Gasteiger partial charge in [0.2, 0.25) is 0 Å². The molecular formula is C19H19N3O3S. The molecule has 26 heavy (non-hydrogen) atoms. The van der Waals surface area contributed by atoms with Crippen LogP contribution in [0.4, 0.5) is 0 Å². The second kappa shape index (κ2) is 7.09. The normalized spacial score (nSPS) is 18.2. The first-order chi connectivity index (χ1) is 12.7. The summed E-state index contributed by atoms with van der Waals surface area (Å²) < 4.78 is 6.43. The molecule has 2 atom stereocenters. The van der Waals surface area contributed by atoms with Crippen LogP contribution in [0.5, 0.6) is 0 Å². The van der Waals surface area contributed by atoms with Crippen LogP contribution in [0.15, 0.2) is 42.7 Å². The van der Waals surface area contributed by atoms with E-state index in [1.54, 1.807) is 41.3 Å². The van der Waals surface area contributed by atoms with Gasteiger partial charge < -0.3 is 9.84 Å². The molecule has 134 valence electrons. The quantitative estimate of drug-likeness (QED) is 0.712. The number of rotatable bonds is 4. The number of aromatic nitrogens is 3. The lowest BCUT2D eigenvalue weighted by molar-refractivity contribution is 0.0600. The fourth-order valence-corrected chi connectivity index (χ4v) is 4.52. The van der Waals surface area contributed by atoms with Crippen LogP contribution in [0.3, 0.4) is 0 Å². The summed E-state index contributed by atoms with van der Waals surface area (Å²) in [5.74, 6) is 0.736. The van der Waals surface area contributed by atoms with Gasteiger partial charge in [0.1, 0.15) is 0 Å². The number of thioether (sulfide) groups is 1. The molecule has 1 N–H and O–H groups in total. The predicted molar refractivity (Wildman–Crippen MR) is 101 cm³/mol. The Kier molecular flexibility index (Phi) is 4.65. The Morgan fingerprint density at radius 3 is 2.85 bits per heavy atom. The molecule has 0 spiro atoms. The van der Waals surface area contributed by atoms with Gasteiger partial charge in [-0.15, -0.1) is 0 Å². The van der Waals surface area contributed by atoms with Gasteiger partial charge in [0.15, 0.2) is 5.65 Å². The molecule has 1 aliphatic rings. The van der Waals surface area contributed by atoms with Gasteiger partial charge in [-0.05, 0) is 48.9 Å². The van der Waals surface area contributed by atoms with E-state index in [1.165, 1.54) is 7.11 Å². The molecule has 3 heterocycles. The van der Waals surface area contributed by atoms with E-state index in [2.05, 4.69) is 10.1 Å². The summed E-state index contributed by atoms with van der Waals surface area (Å²) in [5.41, 5.74) is 2.84. The molecule has 1 saturated heterocycles. The number of nitrogens with zero attached hydrogens (tertiary/aromatic N) is 3. The van der Waals surface area contributed by atoms with Crippen molar-refractivity contribution in [1.82, 2.24) is 14.8 Å². The van der Waals surface area contributed by atoms with E-state index >= 15 is 0 Å². The van der Waals surface area contributed by atoms with Gasteiger partial charge >= 0.3 is 5.97 Å². The van der Waals surface area contributed by atoms with Crippen LogP contribution in [0, 0.1) is 0 Å². The maximum Gasteiger partial charge on any atom is 0.337 e. The first-order valence-corrected chi connectivity index (χ1v) is 9.54. The van der Waals surface area contributed by atoms with Crippen molar-refractivity contribution < 1.29 is 14.6 Å². The summed E-state index contributed by atoms with van der Waals surface area (Å²) in [4.78, 5) is 16.1. The number of methoxy groups -OCH3 is 1. The number of aliphatic hydroxyl groups excluding tert-OH is 1. The number of pyridine rings is 1. The number of fused-ring (bicyclic) bond motifs is 1. The van der Waals surface area contributed by atoms with E-state index in [9.17, 15) is 9.90 Å². The number of hydrogen-bond donors (Lipinski definition) is 1. The van der Waals surface area contributed by atoms with Gasteiger partial charge in [-0.2, -0.15) is 16.9 Å². The molecule has 1 fully saturated rings. The molecule has 7 heteroatoms. The smallest absolute Gasteiger partial charge is 0.337 e. The largest absolute Gasteiger partial charge is 0.465 e. The lowest BCUT2D eigenvalue weighted by Crippen LogP contribution is -2.12. The van der Waals surface area contributed by atoms with Crippen LogP contribution in [0.25, 0.3) is 16.7 Å². The Balaban J connectivity index is 1.64. The van der Waals surface area contributed by atoms with E-state index in [1.807, 2.05) is 17.8 Å². The molecule has 6 nitrogen and oxygen atoms in total. The molecular weight excluding hydrogens is 350 g/mol. The molecule has 0 aliphatic carbocycles. The van der Waals surface area contributed by atoms with Crippen LogP contribution in [-0.4, -0.2) is 44.0 Å². The van der Waals surface area contributed by atoms with E-state index in [0.717, 1.165) is 35.2 Å². The Bertz CT molecular complexity index is 933. The van der Waals surface area contributed by atoms with Crippen LogP contribution in [0.1, 0.15) is 34.9 Å². The van der Waals surface area contributed by atoms with Gasteiger partial charge in [-0.25, -0.2) is 14.5 Å². The van der Waals surface area contributed by atoms with Crippen LogP contribution in [-0.2, 0) is 4.74 Å². The zero-order valence-electron chi connectivity index (χ0n) is 14.3. The van der Waals surface area contributed by atoms with Gasteiger partial charge in [0, 0.05) is 22.4 Å². The minimum Gasteiger partial charge on any atom is -0.465 e. The minimum atomic E-state index is -0.498. The number of carbonyl (C=O) groups is 1. The summed E-state index contributed by atoms with van der Waals surface area (Å²) in [7, 11) is 1.36. The number of benzene rings is 1. The van der Waals surface area contributed by atoms with E-state index in [4.69, 9.17) is 4.74 Å². The van der Waals surface area contributed by atoms with Gasteiger partial charge in [0.05, 0.1) is 30.7 Å². The van der Waals surface area contributed by atoms with Crippen LogP contribution < -0.4 is 0 Å². The third-order valence-corrected chi connectivity index (χ3v) is 6.07. The monoisotopic (exact) mass is 369 g/mol. The third-order valence-electron chi connectivity index (χ3n) is 4.62. The SMILES string of the molecule is COC(=O)c1ccc(-n2ncc3cc(C(O)C4CCCS4)cnc32)cc1. The zero-order valence-corrected chi connectivity index (χ0v) is 15.1. The Labute approximate surface area is 155 Å². The molecule has 2 aromatic heterocycles. The highest BCUT2D eigenvalue weighted by atomic mass is 32.2. The second-order valence-corrected chi connectivity index (χ2v) is 7.62. The van der Waals surface area contributed by atoms with E-state index < -0.39 is 6.10 Å².